The molecule has 0 aliphatic carbocycles. The number of anilines is 1. The summed E-state index contributed by atoms with van der Waals surface area (Å²) in [5, 5.41) is 4.29. The first-order valence-electron chi connectivity index (χ1n) is 9.83. The summed E-state index contributed by atoms with van der Waals surface area (Å²) in [6.45, 7) is 4.65. The average molecular weight is 496 g/mol. The van der Waals surface area contributed by atoms with E-state index in [9.17, 15) is 18.0 Å². The monoisotopic (exact) mass is 495 g/mol. The van der Waals surface area contributed by atoms with Crippen LogP contribution in [0.1, 0.15) is 26.3 Å². The van der Waals surface area contributed by atoms with Crippen molar-refractivity contribution in [2.75, 3.05) is 23.7 Å². The molecule has 9 nitrogen and oxygen atoms in total. The Kier molecular flexibility index (Phi) is 8.84. The lowest BCUT2D eigenvalue weighted by molar-refractivity contribution is -0.157. The zero-order valence-electron chi connectivity index (χ0n) is 18.7. The van der Waals surface area contributed by atoms with E-state index in [2.05, 4.69) is 10.5 Å². The molecule has 0 aliphatic rings. The smallest absolute Gasteiger partial charge is 0.344 e. The lowest BCUT2D eigenvalue weighted by Crippen LogP contribution is -2.38. The molecule has 0 saturated heterocycles. The lowest BCUT2D eigenvalue weighted by atomic mass is 10.2. The molecule has 0 fully saturated rings. The summed E-state index contributed by atoms with van der Waals surface area (Å²) >= 11 is 5.83. The van der Waals surface area contributed by atoms with Gasteiger partial charge in [0.2, 0.25) is 10.0 Å². The van der Waals surface area contributed by atoms with E-state index in [4.69, 9.17) is 21.1 Å². The number of rotatable bonds is 9. The SMILES string of the molecule is CC(C)(C)OC(=O)COc1ccc(/C=N\NC(=O)CN(c2ccc(Cl)cc2)S(C)(=O)=O)cc1. The number of hydrazone groups is 1. The van der Waals surface area contributed by atoms with Crippen LogP contribution < -0.4 is 14.5 Å². The normalized spacial score (nSPS) is 11.8. The second-order valence-electron chi connectivity index (χ2n) is 7.98. The standard InChI is InChI=1S/C22H26ClN3O6S/c1-22(2,3)32-21(28)15-31-19-11-5-16(6-12-19)13-24-25-20(27)14-26(33(4,29)30)18-9-7-17(23)8-10-18/h5-13H,14-15H2,1-4H3,(H,25,27)/b24-13-. The topological polar surface area (TPSA) is 114 Å². The van der Waals surface area contributed by atoms with Gasteiger partial charge in [-0.3, -0.25) is 9.10 Å². The van der Waals surface area contributed by atoms with Crippen LogP contribution in [0.3, 0.4) is 0 Å². The van der Waals surface area contributed by atoms with Crippen LogP contribution in [0, 0.1) is 0 Å². The third-order valence-electron chi connectivity index (χ3n) is 3.86. The van der Waals surface area contributed by atoms with Crippen molar-refractivity contribution in [3.8, 4) is 5.75 Å². The summed E-state index contributed by atoms with van der Waals surface area (Å²) < 4.78 is 35.6. The van der Waals surface area contributed by atoms with Crippen molar-refractivity contribution in [2.24, 2.45) is 5.10 Å². The number of benzene rings is 2. The first kappa shape index (κ1) is 26.1. The van der Waals surface area contributed by atoms with Crippen LogP contribution in [0.25, 0.3) is 0 Å². The van der Waals surface area contributed by atoms with Gasteiger partial charge in [0.25, 0.3) is 5.91 Å². The quantitative estimate of drug-likeness (QED) is 0.325. The van der Waals surface area contributed by atoms with Crippen molar-refractivity contribution in [1.82, 2.24) is 5.43 Å². The third-order valence-corrected chi connectivity index (χ3v) is 5.25. The fraction of sp³-hybridized carbons (Fsp3) is 0.318. The largest absolute Gasteiger partial charge is 0.482 e. The molecular weight excluding hydrogens is 470 g/mol. The van der Waals surface area contributed by atoms with Gasteiger partial charge in [-0.15, -0.1) is 0 Å². The Morgan fingerprint density at radius 2 is 1.70 bits per heavy atom. The van der Waals surface area contributed by atoms with E-state index in [1.165, 1.54) is 30.5 Å². The highest BCUT2D eigenvalue weighted by Gasteiger charge is 2.20. The fourth-order valence-corrected chi connectivity index (χ4v) is 3.50. The molecule has 0 aromatic heterocycles. The molecule has 0 unspecified atom stereocenters. The molecular formula is C22H26ClN3O6S. The number of nitrogens with one attached hydrogen (secondary N) is 1. The number of halogens is 1. The minimum absolute atomic E-state index is 0.217. The molecule has 33 heavy (non-hydrogen) atoms. The summed E-state index contributed by atoms with van der Waals surface area (Å²) in [6.07, 6.45) is 2.40. The molecule has 0 atom stereocenters. The van der Waals surface area contributed by atoms with Crippen molar-refractivity contribution in [3.05, 3.63) is 59.1 Å². The Hall–Kier alpha value is -3.11. The van der Waals surface area contributed by atoms with Crippen LogP contribution in [0.4, 0.5) is 5.69 Å². The number of ether oxygens (including phenoxy) is 2. The maximum absolute atomic E-state index is 12.2. The second-order valence-corrected chi connectivity index (χ2v) is 10.3. The molecule has 11 heteroatoms. The van der Waals surface area contributed by atoms with Gasteiger partial charge in [-0.05, 0) is 74.9 Å². The Labute approximate surface area is 198 Å². The van der Waals surface area contributed by atoms with Crippen LogP contribution in [-0.2, 0) is 24.3 Å². The molecule has 1 amide bonds. The summed E-state index contributed by atoms with van der Waals surface area (Å²) in [5.74, 6) is -0.629. The number of hydrogen-bond donors (Lipinski definition) is 1. The van der Waals surface area contributed by atoms with E-state index in [1.54, 1.807) is 45.0 Å². The minimum Gasteiger partial charge on any atom is -0.482 e. The zero-order valence-corrected chi connectivity index (χ0v) is 20.3. The molecule has 0 radical (unpaired) electrons. The zero-order chi connectivity index (χ0) is 24.6. The van der Waals surface area contributed by atoms with Crippen molar-refractivity contribution < 1.29 is 27.5 Å². The number of carbonyl (C=O) groups excluding carboxylic acids is 2. The van der Waals surface area contributed by atoms with Gasteiger partial charge in [0.15, 0.2) is 6.61 Å². The molecule has 0 spiro atoms. The summed E-state index contributed by atoms with van der Waals surface area (Å²) in [6, 6.07) is 12.7. The molecule has 178 valence electrons. The molecule has 2 aromatic carbocycles. The van der Waals surface area contributed by atoms with E-state index in [1.807, 2.05) is 0 Å². The summed E-state index contributed by atoms with van der Waals surface area (Å²) in [7, 11) is -3.70. The maximum Gasteiger partial charge on any atom is 0.344 e. The van der Waals surface area contributed by atoms with Crippen LogP contribution in [0.2, 0.25) is 5.02 Å². The Balaban J connectivity index is 1.90. The van der Waals surface area contributed by atoms with Gasteiger partial charge in [0.1, 0.15) is 17.9 Å². The minimum atomic E-state index is -3.70. The lowest BCUT2D eigenvalue weighted by Gasteiger charge is -2.21. The number of sulfonamides is 1. The van der Waals surface area contributed by atoms with Crippen LogP contribution in [0.5, 0.6) is 5.75 Å². The van der Waals surface area contributed by atoms with E-state index in [0.29, 0.717) is 22.0 Å². The molecule has 0 saturated carbocycles. The summed E-state index contributed by atoms with van der Waals surface area (Å²) in [4.78, 5) is 23.9. The van der Waals surface area contributed by atoms with E-state index < -0.39 is 34.0 Å². The van der Waals surface area contributed by atoms with E-state index >= 15 is 0 Å². The Bertz CT molecular complexity index is 1090. The predicted molar refractivity (Wildman–Crippen MR) is 127 cm³/mol. The highest BCUT2D eigenvalue weighted by molar-refractivity contribution is 7.92. The van der Waals surface area contributed by atoms with Gasteiger partial charge in [-0.2, -0.15) is 5.10 Å². The average Bonchev–Trinajstić information content (AvgIpc) is 2.70. The van der Waals surface area contributed by atoms with E-state index in [-0.39, 0.29) is 6.61 Å². The second kappa shape index (κ2) is 11.2. The number of amides is 1. The number of esters is 1. The fourth-order valence-electron chi connectivity index (χ4n) is 2.52. The molecule has 0 bridgehead atoms. The van der Waals surface area contributed by atoms with Gasteiger partial charge >= 0.3 is 5.97 Å². The van der Waals surface area contributed by atoms with Crippen molar-refractivity contribution in [3.63, 3.8) is 0 Å². The first-order chi connectivity index (χ1) is 15.3. The van der Waals surface area contributed by atoms with Crippen molar-refractivity contribution in [1.29, 1.82) is 0 Å². The summed E-state index contributed by atoms with van der Waals surface area (Å²) in [5.41, 5.74) is 2.67. The van der Waals surface area contributed by atoms with E-state index in [0.717, 1.165) is 10.6 Å². The van der Waals surface area contributed by atoms with Crippen LogP contribution in [0.15, 0.2) is 53.6 Å². The molecule has 0 aliphatic heterocycles. The molecule has 2 aromatic rings. The van der Waals surface area contributed by atoms with Crippen molar-refractivity contribution in [2.45, 2.75) is 26.4 Å². The van der Waals surface area contributed by atoms with Crippen LogP contribution in [-0.4, -0.2) is 51.5 Å². The number of hydrogen-bond acceptors (Lipinski definition) is 7. The van der Waals surface area contributed by atoms with Gasteiger partial charge in [-0.25, -0.2) is 18.6 Å². The van der Waals surface area contributed by atoms with Crippen molar-refractivity contribution >= 4 is 45.4 Å². The molecule has 0 heterocycles. The molecule has 1 N–H and O–H groups in total. The first-order valence-corrected chi connectivity index (χ1v) is 12.1. The number of carbonyl (C=O) groups is 2. The van der Waals surface area contributed by atoms with Gasteiger partial charge in [0, 0.05) is 5.02 Å². The van der Waals surface area contributed by atoms with Crippen LogP contribution >= 0.6 is 11.6 Å². The Morgan fingerprint density at radius 3 is 2.24 bits per heavy atom. The van der Waals surface area contributed by atoms with Gasteiger partial charge < -0.3 is 9.47 Å². The highest BCUT2D eigenvalue weighted by atomic mass is 35.5. The predicted octanol–water partition coefficient (Wildman–Crippen LogP) is 2.98. The Morgan fingerprint density at radius 1 is 1.09 bits per heavy atom. The maximum atomic E-state index is 12.2. The molecule has 2 rings (SSSR count). The third kappa shape index (κ3) is 9.50. The van der Waals surface area contributed by atoms with Gasteiger partial charge in [0.05, 0.1) is 18.2 Å². The number of nitrogens with zero attached hydrogens (tertiary/aromatic N) is 2. The highest BCUT2D eigenvalue weighted by Crippen LogP contribution is 2.20. The van der Waals surface area contributed by atoms with Gasteiger partial charge in [-0.1, -0.05) is 11.6 Å².